The minimum atomic E-state index is -3.26. The first-order chi connectivity index (χ1) is 10.3. The van der Waals surface area contributed by atoms with Crippen molar-refractivity contribution >= 4 is 37.5 Å². The van der Waals surface area contributed by atoms with E-state index in [-0.39, 0.29) is 18.2 Å². The van der Waals surface area contributed by atoms with Crippen LogP contribution >= 0.6 is 15.9 Å². The monoisotopic (exact) mass is 390 g/mol. The largest absolute Gasteiger partial charge is 0.311 e. The van der Waals surface area contributed by atoms with E-state index in [1.54, 1.807) is 4.90 Å². The van der Waals surface area contributed by atoms with Gasteiger partial charge in [-0.25, -0.2) is 13.1 Å². The van der Waals surface area contributed by atoms with Gasteiger partial charge in [-0.2, -0.15) is 0 Å². The summed E-state index contributed by atoms with van der Waals surface area (Å²) in [7, 11) is -3.26. The van der Waals surface area contributed by atoms with E-state index in [9.17, 15) is 13.2 Å². The first-order valence-electron chi connectivity index (χ1n) is 7.28. The van der Waals surface area contributed by atoms with E-state index in [0.717, 1.165) is 22.1 Å². The third-order valence-corrected chi connectivity index (χ3v) is 5.22. The van der Waals surface area contributed by atoms with Crippen LogP contribution in [0.25, 0.3) is 0 Å². The quantitative estimate of drug-likeness (QED) is 0.741. The molecule has 0 fully saturated rings. The van der Waals surface area contributed by atoms with Gasteiger partial charge in [0.25, 0.3) is 0 Å². The molecule has 1 rings (SSSR count). The molecule has 0 aliphatic carbocycles. The summed E-state index contributed by atoms with van der Waals surface area (Å²) in [6, 6.07) is 5.65. The lowest BCUT2D eigenvalue weighted by Crippen LogP contribution is -2.38. The van der Waals surface area contributed by atoms with E-state index < -0.39 is 10.0 Å². The molecule has 0 saturated heterocycles. The molecule has 22 heavy (non-hydrogen) atoms. The Kier molecular flexibility index (Phi) is 7.52. The number of nitrogens with zero attached hydrogens (tertiary/aromatic N) is 1. The molecule has 0 aromatic heterocycles. The van der Waals surface area contributed by atoms with Crippen LogP contribution in [0.15, 0.2) is 22.7 Å². The smallest absolute Gasteiger partial charge is 0.223 e. The van der Waals surface area contributed by atoms with Crippen LogP contribution < -0.4 is 9.62 Å². The molecule has 5 nitrogen and oxygen atoms in total. The number of hydrogen-bond donors (Lipinski definition) is 1. The van der Waals surface area contributed by atoms with Gasteiger partial charge in [0.2, 0.25) is 15.9 Å². The number of carbonyl (C=O) groups excluding carboxylic acids is 1. The van der Waals surface area contributed by atoms with Crippen LogP contribution in [0.3, 0.4) is 0 Å². The van der Waals surface area contributed by atoms with Crippen LogP contribution in [0.1, 0.15) is 32.3 Å². The standard InChI is InChI=1S/C15H23BrN2O3S/c1-4-5-10-22(20,21)17-8-9-18(13(3)19)15-7-6-14(16)11-12(15)2/h6-7,11,17H,4-5,8-10H2,1-3H3. The molecule has 0 aliphatic rings. The average Bonchev–Trinajstić information content (AvgIpc) is 2.42. The van der Waals surface area contributed by atoms with Crippen LogP contribution in [-0.2, 0) is 14.8 Å². The molecule has 1 aromatic carbocycles. The summed E-state index contributed by atoms with van der Waals surface area (Å²) in [5, 5.41) is 0. The number of rotatable bonds is 8. The molecule has 0 bridgehead atoms. The molecule has 0 spiro atoms. The van der Waals surface area contributed by atoms with Crippen LogP contribution in [-0.4, -0.2) is 33.2 Å². The number of amides is 1. The van der Waals surface area contributed by atoms with Crippen molar-refractivity contribution in [1.29, 1.82) is 0 Å². The number of hydrogen-bond acceptors (Lipinski definition) is 3. The first kappa shape index (κ1) is 19.1. The number of sulfonamides is 1. The van der Waals surface area contributed by atoms with Gasteiger partial charge in [0.05, 0.1) is 5.75 Å². The number of aryl methyl sites for hydroxylation is 1. The van der Waals surface area contributed by atoms with E-state index in [0.29, 0.717) is 13.0 Å². The summed E-state index contributed by atoms with van der Waals surface area (Å²) in [5.74, 6) is 0.0131. The number of halogens is 1. The Hall–Kier alpha value is -0.920. The maximum Gasteiger partial charge on any atom is 0.223 e. The van der Waals surface area contributed by atoms with Crippen molar-refractivity contribution in [2.75, 3.05) is 23.7 Å². The van der Waals surface area contributed by atoms with E-state index in [2.05, 4.69) is 20.7 Å². The Morgan fingerprint density at radius 2 is 2.05 bits per heavy atom. The molecular weight excluding hydrogens is 368 g/mol. The normalized spacial score (nSPS) is 11.5. The number of anilines is 1. The summed E-state index contributed by atoms with van der Waals surface area (Å²) in [4.78, 5) is 13.4. The molecule has 0 radical (unpaired) electrons. The summed E-state index contributed by atoms with van der Waals surface area (Å²) < 4.78 is 27.0. The third-order valence-electron chi connectivity index (χ3n) is 3.25. The lowest BCUT2D eigenvalue weighted by molar-refractivity contribution is -0.116. The van der Waals surface area contributed by atoms with Crippen molar-refractivity contribution in [2.45, 2.75) is 33.6 Å². The lowest BCUT2D eigenvalue weighted by atomic mass is 10.2. The Balaban J connectivity index is 2.72. The minimum absolute atomic E-state index is 0.113. The van der Waals surface area contributed by atoms with Gasteiger partial charge in [-0.15, -0.1) is 0 Å². The van der Waals surface area contributed by atoms with Crippen molar-refractivity contribution in [3.63, 3.8) is 0 Å². The zero-order chi connectivity index (χ0) is 16.8. The van der Waals surface area contributed by atoms with Crippen molar-refractivity contribution in [1.82, 2.24) is 4.72 Å². The number of unbranched alkanes of at least 4 members (excludes halogenated alkanes) is 1. The zero-order valence-electron chi connectivity index (χ0n) is 13.2. The molecule has 1 N–H and O–H groups in total. The van der Waals surface area contributed by atoms with Gasteiger partial charge in [0.1, 0.15) is 0 Å². The molecule has 0 aliphatic heterocycles. The van der Waals surface area contributed by atoms with E-state index >= 15 is 0 Å². The number of benzene rings is 1. The molecule has 7 heteroatoms. The minimum Gasteiger partial charge on any atom is -0.311 e. The predicted molar refractivity (Wildman–Crippen MR) is 93.6 cm³/mol. The predicted octanol–water partition coefficient (Wildman–Crippen LogP) is 2.83. The topological polar surface area (TPSA) is 66.5 Å². The van der Waals surface area contributed by atoms with Gasteiger partial charge >= 0.3 is 0 Å². The molecule has 0 unspecified atom stereocenters. The van der Waals surface area contributed by atoms with Crippen LogP contribution in [0.2, 0.25) is 0 Å². The average molecular weight is 391 g/mol. The highest BCUT2D eigenvalue weighted by Gasteiger charge is 2.15. The summed E-state index contributed by atoms with van der Waals surface area (Å²) in [6.07, 6.45) is 1.47. The van der Waals surface area contributed by atoms with Crippen molar-refractivity contribution in [2.24, 2.45) is 0 Å². The fourth-order valence-corrected chi connectivity index (χ4v) is 3.78. The Bertz CT molecular complexity index is 617. The Morgan fingerprint density at radius 3 is 2.59 bits per heavy atom. The van der Waals surface area contributed by atoms with Gasteiger partial charge in [0.15, 0.2) is 0 Å². The van der Waals surface area contributed by atoms with Gasteiger partial charge in [0, 0.05) is 30.2 Å². The second kappa shape index (κ2) is 8.64. The second-order valence-corrected chi connectivity index (χ2v) is 8.01. The van der Waals surface area contributed by atoms with Crippen molar-refractivity contribution < 1.29 is 13.2 Å². The molecule has 0 atom stereocenters. The van der Waals surface area contributed by atoms with E-state index in [4.69, 9.17) is 0 Å². The van der Waals surface area contributed by atoms with Gasteiger partial charge < -0.3 is 4.90 Å². The van der Waals surface area contributed by atoms with Crippen molar-refractivity contribution in [3.05, 3.63) is 28.2 Å². The molecule has 0 saturated carbocycles. The van der Waals surface area contributed by atoms with Crippen LogP contribution in [0.5, 0.6) is 0 Å². The van der Waals surface area contributed by atoms with Crippen LogP contribution in [0.4, 0.5) is 5.69 Å². The molecule has 124 valence electrons. The number of nitrogens with one attached hydrogen (secondary N) is 1. The van der Waals surface area contributed by atoms with Gasteiger partial charge in [-0.05, 0) is 37.1 Å². The van der Waals surface area contributed by atoms with Gasteiger partial charge in [-0.3, -0.25) is 4.79 Å². The SMILES string of the molecule is CCCCS(=O)(=O)NCCN(C(C)=O)c1ccc(Br)cc1C. The Labute approximate surface area is 141 Å². The molecule has 0 heterocycles. The fraction of sp³-hybridized carbons (Fsp3) is 0.533. The fourth-order valence-electron chi connectivity index (χ4n) is 2.09. The van der Waals surface area contributed by atoms with Crippen molar-refractivity contribution in [3.8, 4) is 0 Å². The maximum absolute atomic E-state index is 11.8. The molecular formula is C15H23BrN2O3S. The summed E-state index contributed by atoms with van der Waals surface area (Å²) in [5.41, 5.74) is 1.75. The highest BCUT2D eigenvalue weighted by atomic mass is 79.9. The van der Waals surface area contributed by atoms with Crippen LogP contribution in [0, 0.1) is 6.92 Å². The molecule has 1 amide bonds. The second-order valence-electron chi connectivity index (χ2n) is 5.17. The molecule has 1 aromatic rings. The lowest BCUT2D eigenvalue weighted by Gasteiger charge is -2.23. The zero-order valence-corrected chi connectivity index (χ0v) is 15.6. The van der Waals surface area contributed by atoms with E-state index in [1.807, 2.05) is 32.0 Å². The summed E-state index contributed by atoms with van der Waals surface area (Å²) in [6.45, 7) is 5.86. The third kappa shape index (κ3) is 6.06. The Morgan fingerprint density at radius 1 is 1.36 bits per heavy atom. The highest BCUT2D eigenvalue weighted by Crippen LogP contribution is 2.23. The maximum atomic E-state index is 11.8. The highest BCUT2D eigenvalue weighted by molar-refractivity contribution is 9.10. The van der Waals surface area contributed by atoms with E-state index in [1.165, 1.54) is 6.92 Å². The summed E-state index contributed by atoms with van der Waals surface area (Å²) >= 11 is 3.39. The number of carbonyl (C=O) groups is 1. The van der Waals surface area contributed by atoms with Gasteiger partial charge in [-0.1, -0.05) is 29.3 Å². The first-order valence-corrected chi connectivity index (χ1v) is 9.73.